The normalized spacial score (nSPS) is 16.6. The second kappa shape index (κ2) is 8.18. The summed E-state index contributed by atoms with van der Waals surface area (Å²) < 4.78 is 13.4. The van der Waals surface area contributed by atoms with Crippen LogP contribution in [-0.2, 0) is 11.3 Å². The van der Waals surface area contributed by atoms with Crippen molar-refractivity contribution in [2.45, 2.75) is 32.1 Å². The number of hydrogen-bond acceptors (Lipinski definition) is 6. The Balaban J connectivity index is 1.44. The summed E-state index contributed by atoms with van der Waals surface area (Å²) in [6.07, 6.45) is 7.96. The largest absolute Gasteiger partial charge is 0.487 e. The molecule has 3 aromatic rings. The Labute approximate surface area is 161 Å². The molecule has 1 saturated heterocycles. The molecule has 3 aromatic heterocycles. The molecule has 1 fully saturated rings. The van der Waals surface area contributed by atoms with Gasteiger partial charge in [-0.2, -0.15) is 5.10 Å². The van der Waals surface area contributed by atoms with Crippen LogP contribution >= 0.6 is 0 Å². The lowest BCUT2D eigenvalue weighted by atomic mass is 10.2. The lowest BCUT2D eigenvalue weighted by molar-refractivity contribution is -0.0384. The number of aromatic carboxylic acids is 1. The minimum atomic E-state index is -1.06. The third-order valence-electron chi connectivity index (χ3n) is 4.55. The van der Waals surface area contributed by atoms with E-state index in [1.54, 1.807) is 18.5 Å². The smallest absolute Gasteiger partial charge is 0.354 e. The highest BCUT2D eigenvalue weighted by Gasteiger charge is 2.20. The number of carboxylic acid groups (broad SMARTS) is 1. The van der Waals surface area contributed by atoms with Crippen molar-refractivity contribution < 1.29 is 19.4 Å². The summed E-state index contributed by atoms with van der Waals surface area (Å²) in [6, 6.07) is 8.84. The van der Waals surface area contributed by atoms with Crippen LogP contribution in [0, 0.1) is 0 Å². The molecule has 8 nitrogen and oxygen atoms in total. The molecule has 0 spiro atoms. The van der Waals surface area contributed by atoms with Gasteiger partial charge in [0, 0.05) is 19.0 Å². The van der Waals surface area contributed by atoms with E-state index in [1.165, 1.54) is 12.3 Å². The fourth-order valence-electron chi connectivity index (χ4n) is 3.13. The quantitative estimate of drug-likeness (QED) is 0.700. The molecule has 4 rings (SSSR count). The maximum atomic E-state index is 11.0. The second-order valence-electron chi connectivity index (χ2n) is 6.50. The SMILES string of the molecule is O=C(O)c1cc(COc2ccc(-c3ccnn3C3CCCCO3)nc2)ccn1. The topological polar surface area (TPSA) is 99.4 Å². The van der Waals surface area contributed by atoms with Crippen molar-refractivity contribution in [1.29, 1.82) is 0 Å². The van der Waals surface area contributed by atoms with E-state index in [1.807, 2.05) is 22.9 Å². The van der Waals surface area contributed by atoms with Gasteiger partial charge in [0.15, 0.2) is 6.23 Å². The van der Waals surface area contributed by atoms with Gasteiger partial charge in [-0.25, -0.2) is 14.5 Å². The van der Waals surface area contributed by atoms with E-state index in [9.17, 15) is 4.79 Å². The van der Waals surface area contributed by atoms with Crippen LogP contribution in [0.1, 0.15) is 41.5 Å². The monoisotopic (exact) mass is 380 g/mol. The molecule has 0 aliphatic carbocycles. The molecule has 1 atom stereocenters. The number of hydrogen-bond donors (Lipinski definition) is 1. The van der Waals surface area contributed by atoms with Gasteiger partial charge < -0.3 is 14.6 Å². The highest BCUT2D eigenvalue weighted by Crippen LogP contribution is 2.28. The van der Waals surface area contributed by atoms with Gasteiger partial charge in [0.1, 0.15) is 18.1 Å². The summed E-state index contributed by atoms with van der Waals surface area (Å²) in [5.41, 5.74) is 2.41. The molecule has 0 amide bonds. The van der Waals surface area contributed by atoms with E-state index in [0.29, 0.717) is 5.75 Å². The van der Waals surface area contributed by atoms with E-state index in [0.717, 1.165) is 42.8 Å². The third kappa shape index (κ3) is 4.01. The molecule has 8 heteroatoms. The third-order valence-corrected chi connectivity index (χ3v) is 4.55. The Kier molecular flexibility index (Phi) is 5.29. The van der Waals surface area contributed by atoms with Gasteiger partial charge in [-0.1, -0.05) is 0 Å². The number of carboxylic acids is 1. The van der Waals surface area contributed by atoms with Gasteiger partial charge in [-0.15, -0.1) is 0 Å². The van der Waals surface area contributed by atoms with Gasteiger partial charge in [-0.3, -0.25) is 4.98 Å². The van der Waals surface area contributed by atoms with Gasteiger partial charge in [-0.05, 0) is 55.2 Å². The molecule has 28 heavy (non-hydrogen) atoms. The highest BCUT2D eigenvalue weighted by atomic mass is 16.5. The molecule has 0 radical (unpaired) electrons. The molecule has 0 bridgehead atoms. The van der Waals surface area contributed by atoms with Gasteiger partial charge in [0.05, 0.1) is 17.6 Å². The zero-order valence-electron chi connectivity index (χ0n) is 15.2. The average Bonchev–Trinajstić information content (AvgIpc) is 3.23. The van der Waals surface area contributed by atoms with Crippen LogP contribution in [0.2, 0.25) is 0 Å². The van der Waals surface area contributed by atoms with Gasteiger partial charge >= 0.3 is 5.97 Å². The van der Waals surface area contributed by atoms with Crippen molar-refractivity contribution in [2.75, 3.05) is 6.61 Å². The minimum Gasteiger partial charge on any atom is -0.487 e. The Morgan fingerprint density at radius 2 is 2.14 bits per heavy atom. The van der Waals surface area contributed by atoms with E-state index in [2.05, 4.69) is 15.1 Å². The fourth-order valence-corrected chi connectivity index (χ4v) is 3.13. The van der Waals surface area contributed by atoms with Crippen molar-refractivity contribution in [3.05, 3.63) is 60.2 Å². The zero-order valence-corrected chi connectivity index (χ0v) is 15.2. The number of pyridine rings is 2. The molecular formula is C20H20N4O4. The van der Waals surface area contributed by atoms with Gasteiger partial charge in [0.25, 0.3) is 0 Å². The molecule has 0 saturated carbocycles. The van der Waals surface area contributed by atoms with Crippen LogP contribution < -0.4 is 4.74 Å². The first-order valence-corrected chi connectivity index (χ1v) is 9.13. The van der Waals surface area contributed by atoms with Crippen molar-refractivity contribution in [3.8, 4) is 17.1 Å². The standard InChI is InChI=1S/C20H20N4O4/c25-20(26)17-11-14(6-8-21-17)13-28-15-4-5-16(22-12-15)18-7-9-23-24(18)19-3-1-2-10-27-19/h4-9,11-12,19H,1-3,10,13H2,(H,25,26). The minimum absolute atomic E-state index is 0.00670. The number of carbonyl (C=O) groups is 1. The first kappa shape index (κ1) is 18.1. The molecule has 1 N–H and O–H groups in total. The van der Waals surface area contributed by atoms with E-state index in [-0.39, 0.29) is 18.5 Å². The maximum Gasteiger partial charge on any atom is 0.354 e. The average molecular weight is 380 g/mol. The fraction of sp³-hybridized carbons (Fsp3) is 0.300. The summed E-state index contributed by atoms with van der Waals surface area (Å²) in [4.78, 5) is 19.3. The first-order chi connectivity index (χ1) is 13.7. The van der Waals surface area contributed by atoms with Crippen molar-refractivity contribution in [2.24, 2.45) is 0 Å². The molecule has 1 aliphatic heterocycles. The second-order valence-corrected chi connectivity index (χ2v) is 6.50. The van der Waals surface area contributed by atoms with Crippen molar-refractivity contribution >= 4 is 5.97 Å². The van der Waals surface area contributed by atoms with Gasteiger partial charge in [0.2, 0.25) is 0 Å². The summed E-state index contributed by atoms with van der Waals surface area (Å²) in [7, 11) is 0. The Bertz CT molecular complexity index is 949. The van der Waals surface area contributed by atoms with Crippen molar-refractivity contribution in [1.82, 2.24) is 19.7 Å². The first-order valence-electron chi connectivity index (χ1n) is 9.13. The molecular weight excluding hydrogens is 360 g/mol. The van der Waals surface area contributed by atoms with Crippen molar-refractivity contribution in [3.63, 3.8) is 0 Å². The lowest BCUT2D eigenvalue weighted by Crippen LogP contribution is -2.20. The molecule has 1 unspecified atom stereocenters. The number of aromatic nitrogens is 4. The lowest BCUT2D eigenvalue weighted by Gasteiger charge is -2.24. The Hall–Kier alpha value is -3.26. The molecule has 1 aliphatic rings. The number of ether oxygens (including phenoxy) is 2. The van der Waals surface area contributed by atoms with Crippen LogP contribution in [0.15, 0.2) is 48.9 Å². The van der Waals surface area contributed by atoms with Crippen LogP contribution in [-0.4, -0.2) is 37.4 Å². The molecule has 4 heterocycles. The van der Waals surface area contributed by atoms with E-state index >= 15 is 0 Å². The number of rotatable bonds is 6. The molecule has 144 valence electrons. The summed E-state index contributed by atoms with van der Waals surface area (Å²) in [5, 5.41) is 13.4. The van der Waals surface area contributed by atoms with Crippen LogP contribution in [0.5, 0.6) is 5.75 Å². The molecule has 0 aromatic carbocycles. The van der Waals surface area contributed by atoms with Crippen LogP contribution in [0.4, 0.5) is 0 Å². The maximum absolute atomic E-state index is 11.0. The van der Waals surface area contributed by atoms with E-state index < -0.39 is 5.97 Å². The van der Waals surface area contributed by atoms with Crippen LogP contribution in [0.3, 0.4) is 0 Å². The Morgan fingerprint density at radius 3 is 2.89 bits per heavy atom. The summed E-state index contributed by atoms with van der Waals surface area (Å²) in [5.74, 6) is -0.469. The Morgan fingerprint density at radius 1 is 1.21 bits per heavy atom. The van der Waals surface area contributed by atoms with Crippen LogP contribution in [0.25, 0.3) is 11.4 Å². The zero-order chi connectivity index (χ0) is 19.3. The number of nitrogens with zero attached hydrogens (tertiary/aromatic N) is 4. The predicted octanol–water partition coefficient (Wildman–Crippen LogP) is 3.32. The van der Waals surface area contributed by atoms with E-state index in [4.69, 9.17) is 14.6 Å². The predicted molar refractivity (Wildman–Crippen MR) is 99.8 cm³/mol. The highest BCUT2D eigenvalue weighted by molar-refractivity contribution is 5.85. The summed E-state index contributed by atoms with van der Waals surface area (Å²) in [6.45, 7) is 0.987. The summed E-state index contributed by atoms with van der Waals surface area (Å²) >= 11 is 0.